The number of nitrogens with two attached hydrogens (primary N) is 1. The average Bonchev–Trinajstić information content (AvgIpc) is 3.03. The Kier molecular flexibility index (Phi) is 5.39. The maximum Gasteiger partial charge on any atom is 0.108 e. The Morgan fingerprint density at radius 2 is 1.79 bits per heavy atom. The third-order valence-electron chi connectivity index (χ3n) is 4.07. The molecule has 3 nitrogen and oxygen atoms in total. The molecule has 0 saturated heterocycles. The Bertz CT molecular complexity index is 809. The van der Waals surface area contributed by atoms with Gasteiger partial charge in [-0.25, -0.2) is 4.98 Å². The standard InChI is InChI=1S/C20H21N3S/c21-20(24)18-10-4-9-17(14-18)15-23-13-12-22-19(23)11-5-8-16-6-2-1-3-7-16/h1-4,6-7,9-10,12-14H,5,8,11,15H2,(H2,21,24). The van der Waals surface area contributed by atoms with Crippen LogP contribution in [0, 0.1) is 0 Å². The highest BCUT2D eigenvalue weighted by Crippen LogP contribution is 2.11. The van der Waals surface area contributed by atoms with Crippen molar-refractivity contribution in [2.24, 2.45) is 5.73 Å². The number of hydrogen-bond donors (Lipinski definition) is 1. The third kappa shape index (κ3) is 4.30. The van der Waals surface area contributed by atoms with Gasteiger partial charge in [-0.1, -0.05) is 60.7 Å². The van der Waals surface area contributed by atoms with Crippen molar-refractivity contribution in [3.05, 3.63) is 89.5 Å². The van der Waals surface area contributed by atoms with Crippen molar-refractivity contribution < 1.29 is 0 Å². The summed E-state index contributed by atoms with van der Waals surface area (Å²) >= 11 is 5.06. The average molecular weight is 335 g/mol. The lowest BCUT2D eigenvalue weighted by atomic mass is 10.1. The molecule has 2 aromatic carbocycles. The Balaban J connectivity index is 1.63. The van der Waals surface area contributed by atoms with E-state index in [4.69, 9.17) is 18.0 Å². The highest BCUT2D eigenvalue weighted by molar-refractivity contribution is 7.80. The molecule has 0 aliphatic heterocycles. The minimum absolute atomic E-state index is 0.436. The van der Waals surface area contributed by atoms with Crippen molar-refractivity contribution in [3.63, 3.8) is 0 Å². The molecule has 0 saturated carbocycles. The van der Waals surface area contributed by atoms with Crippen LogP contribution in [0.5, 0.6) is 0 Å². The van der Waals surface area contributed by atoms with Gasteiger partial charge in [0, 0.05) is 30.9 Å². The van der Waals surface area contributed by atoms with Crippen molar-refractivity contribution in [2.75, 3.05) is 0 Å². The number of nitrogens with zero attached hydrogens (tertiary/aromatic N) is 2. The van der Waals surface area contributed by atoms with Gasteiger partial charge in [0.2, 0.25) is 0 Å². The van der Waals surface area contributed by atoms with Gasteiger partial charge in [0.15, 0.2) is 0 Å². The molecule has 1 heterocycles. The van der Waals surface area contributed by atoms with Gasteiger partial charge in [-0.05, 0) is 30.0 Å². The second-order valence-electron chi connectivity index (χ2n) is 5.88. The first-order valence-corrected chi connectivity index (χ1v) is 8.56. The minimum Gasteiger partial charge on any atom is -0.389 e. The van der Waals surface area contributed by atoms with Crippen LogP contribution in [0.25, 0.3) is 0 Å². The van der Waals surface area contributed by atoms with Crippen LogP contribution in [0.4, 0.5) is 0 Å². The fourth-order valence-electron chi connectivity index (χ4n) is 2.83. The van der Waals surface area contributed by atoms with Crippen LogP contribution >= 0.6 is 12.2 Å². The predicted octanol–water partition coefficient (Wildman–Crippen LogP) is 3.74. The second-order valence-corrected chi connectivity index (χ2v) is 6.31. The molecule has 1 aromatic heterocycles. The maximum atomic E-state index is 5.72. The summed E-state index contributed by atoms with van der Waals surface area (Å²) in [7, 11) is 0. The zero-order chi connectivity index (χ0) is 16.8. The Morgan fingerprint density at radius 3 is 2.58 bits per heavy atom. The quantitative estimate of drug-likeness (QED) is 0.669. The highest BCUT2D eigenvalue weighted by Gasteiger charge is 2.05. The number of aromatic nitrogens is 2. The van der Waals surface area contributed by atoms with Crippen molar-refractivity contribution in [3.8, 4) is 0 Å². The van der Waals surface area contributed by atoms with E-state index >= 15 is 0 Å². The van der Waals surface area contributed by atoms with Crippen molar-refractivity contribution in [1.82, 2.24) is 9.55 Å². The Labute approximate surface area is 148 Å². The summed E-state index contributed by atoms with van der Waals surface area (Å²) in [5.41, 5.74) is 9.19. The van der Waals surface area contributed by atoms with E-state index in [1.165, 1.54) is 11.1 Å². The Morgan fingerprint density at radius 1 is 1.00 bits per heavy atom. The van der Waals surface area contributed by atoms with E-state index in [2.05, 4.69) is 52.0 Å². The zero-order valence-electron chi connectivity index (χ0n) is 13.6. The molecule has 0 unspecified atom stereocenters. The molecular weight excluding hydrogens is 314 g/mol. The van der Waals surface area contributed by atoms with E-state index in [1.54, 1.807) is 0 Å². The monoisotopic (exact) mass is 335 g/mol. The molecule has 122 valence electrons. The summed E-state index contributed by atoms with van der Waals surface area (Å²) in [4.78, 5) is 4.95. The van der Waals surface area contributed by atoms with E-state index in [0.29, 0.717) is 4.99 Å². The molecule has 0 amide bonds. The second kappa shape index (κ2) is 7.88. The summed E-state index contributed by atoms with van der Waals surface area (Å²) in [6, 6.07) is 18.7. The van der Waals surface area contributed by atoms with E-state index in [0.717, 1.165) is 37.2 Å². The van der Waals surface area contributed by atoms with Gasteiger partial charge in [0.05, 0.1) is 0 Å². The third-order valence-corrected chi connectivity index (χ3v) is 4.31. The van der Waals surface area contributed by atoms with E-state index in [-0.39, 0.29) is 0 Å². The number of benzene rings is 2. The van der Waals surface area contributed by atoms with Crippen LogP contribution in [0.3, 0.4) is 0 Å². The van der Waals surface area contributed by atoms with Crippen molar-refractivity contribution in [1.29, 1.82) is 0 Å². The van der Waals surface area contributed by atoms with Crippen LogP contribution in [0.1, 0.15) is 28.9 Å². The summed E-state index contributed by atoms with van der Waals surface area (Å²) in [5.74, 6) is 1.12. The number of hydrogen-bond acceptors (Lipinski definition) is 2. The highest BCUT2D eigenvalue weighted by atomic mass is 32.1. The lowest BCUT2D eigenvalue weighted by Gasteiger charge is -2.09. The van der Waals surface area contributed by atoms with E-state index in [9.17, 15) is 0 Å². The molecule has 0 fully saturated rings. The van der Waals surface area contributed by atoms with Gasteiger partial charge in [-0.2, -0.15) is 0 Å². The molecule has 0 radical (unpaired) electrons. The topological polar surface area (TPSA) is 43.8 Å². The first-order valence-electron chi connectivity index (χ1n) is 8.15. The molecule has 2 N–H and O–H groups in total. The van der Waals surface area contributed by atoms with Crippen LogP contribution in [-0.4, -0.2) is 14.5 Å². The zero-order valence-corrected chi connectivity index (χ0v) is 14.4. The smallest absolute Gasteiger partial charge is 0.108 e. The largest absolute Gasteiger partial charge is 0.389 e. The number of aryl methyl sites for hydroxylation is 2. The first kappa shape index (κ1) is 16.4. The van der Waals surface area contributed by atoms with E-state index in [1.807, 2.05) is 24.5 Å². The lowest BCUT2D eigenvalue weighted by molar-refractivity contribution is 0.685. The minimum atomic E-state index is 0.436. The van der Waals surface area contributed by atoms with Crippen LogP contribution in [0.15, 0.2) is 67.0 Å². The molecule has 24 heavy (non-hydrogen) atoms. The summed E-state index contributed by atoms with van der Waals surface area (Å²) < 4.78 is 2.20. The molecule has 0 atom stereocenters. The molecule has 4 heteroatoms. The molecular formula is C20H21N3S. The lowest BCUT2D eigenvalue weighted by Crippen LogP contribution is -2.10. The molecule has 0 aliphatic carbocycles. The van der Waals surface area contributed by atoms with Gasteiger partial charge in [0.1, 0.15) is 10.8 Å². The first-order chi connectivity index (χ1) is 11.7. The fourth-order valence-corrected chi connectivity index (χ4v) is 2.95. The van der Waals surface area contributed by atoms with Gasteiger partial charge in [-0.15, -0.1) is 0 Å². The van der Waals surface area contributed by atoms with Crippen molar-refractivity contribution >= 4 is 17.2 Å². The van der Waals surface area contributed by atoms with Crippen LogP contribution < -0.4 is 5.73 Å². The van der Waals surface area contributed by atoms with Crippen molar-refractivity contribution in [2.45, 2.75) is 25.8 Å². The number of thiocarbonyl (C=S) groups is 1. The normalized spacial score (nSPS) is 10.7. The van der Waals surface area contributed by atoms with E-state index < -0.39 is 0 Å². The summed E-state index contributed by atoms with van der Waals surface area (Å²) in [5, 5.41) is 0. The summed E-state index contributed by atoms with van der Waals surface area (Å²) in [6.07, 6.45) is 7.04. The molecule has 3 aromatic rings. The number of imidazole rings is 1. The van der Waals surface area contributed by atoms with Gasteiger partial charge < -0.3 is 10.3 Å². The van der Waals surface area contributed by atoms with Crippen LogP contribution in [0.2, 0.25) is 0 Å². The molecule has 0 bridgehead atoms. The molecule has 0 aliphatic rings. The summed E-state index contributed by atoms with van der Waals surface area (Å²) in [6.45, 7) is 0.789. The molecule has 3 rings (SSSR count). The SMILES string of the molecule is NC(=S)c1cccc(Cn2ccnc2CCCc2ccccc2)c1. The fraction of sp³-hybridized carbons (Fsp3) is 0.200. The van der Waals surface area contributed by atoms with Gasteiger partial charge in [-0.3, -0.25) is 0 Å². The van der Waals surface area contributed by atoms with Crippen LogP contribution in [-0.2, 0) is 19.4 Å². The van der Waals surface area contributed by atoms with Gasteiger partial charge in [0.25, 0.3) is 0 Å². The van der Waals surface area contributed by atoms with Gasteiger partial charge >= 0.3 is 0 Å². The predicted molar refractivity (Wildman–Crippen MR) is 102 cm³/mol. The molecule has 0 spiro atoms. The Hall–Kier alpha value is -2.46. The maximum absolute atomic E-state index is 5.72. The number of rotatable bonds is 7.